The van der Waals surface area contributed by atoms with Gasteiger partial charge in [0.25, 0.3) is 0 Å². The van der Waals surface area contributed by atoms with Gasteiger partial charge in [0, 0.05) is 50.5 Å². The van der Waals surface area contributed by atoms with Crippen molar-refractivity contribution in [1.29, 1.82) is 0 Å². The number of nitrogens with one attached hydrogen (secondary N) is 2. The zero-order valence-corrected chi connectivity index (χ0v) is 20.3. The van der Waals surface area contributed by atoms with Gasteiger partial charge in [-0.05, 0) is 25.7 Å². The molecular formula is C20H37IN6O. The molecule has 1 aliphatic heterocycles. The molecule has 28 heavy (non-hydrogen) atoms. The lowest BCUT2D eigenvalue weighted by Crippen LogP contribution is -2.50. The molecule has 7 nitrogen and oxygen atoms in total. The van der Waals surface area contributed by atoms with Crippen LogP contribution in [0.4, 0.5) is 0 Å². The van der Waals surface area contributed by atoms with Crippen LogP contribution < -0.4 is 10.6 Å². The van der Waals surface area contributed by atoms with Gasteiger partial charge in [-0.1, -0.05) is 27.7 Å². The molecule has 2 N–H and O–H groups in total. The van der Waals surface area contributed by atoms with Crippen LogP contribution in [-0.2, 0) is 17.9 Å². The summed E-state index contributed by atoms with van der Waals surface area (Å²) in [6.07, 6.45) is 5.76. The molecule has 160 valence electrons. The first-order chi connectivity index (χ1) is 12.9. The van der Waals surface area contributed by atoms with Crippen molar-refractivity contribution >= 4 is 35.8 Å². The van der Waals surface area contributed by atoms with Gasteiger partial charge in [-0.2, -0.15) is 0 Å². The van der Waals surface area contributed by atoms with E-state index in [1.54, 1.807) is 0 Å². The van der Waals surface area contributed by atoms with Gasteiger partial charge in [-0.25, -0.2) is 9.98 Å². The van der Waals surface area contributed by atoms with Crippen LogP contribution in [0.3, 0.4) is 0 Å². The van der Waals surface area contributed by atoms with Gasteiger partial charge in [0.05, 0.1) is 0 Å². The average Bonchev–Trinajstić information content (AvgIpc) is 3.06. The number of carbonyl (C=O) groups is 1. The Bertz CT molecular complexity index is 620. The lowest BCUT2D eigenvalue weighted by Gasteiger charge is -2.34. The van der Waals surface area contributed by atoms with Crippen LogP contribution in [-0.4, -0.2) is 52.0 Å². The van der Waals surface area contributed by atoms with E-state index >= 15 is 0 Å². The second kappa shape index (κ2) is 12.3. The Balaban J connectivity index is 0.00000392. The predicted octanol–water partition coefficient (Wildman–Crippen LogP) is 2.86. The van der Waals surface area contributed by atoms with E-state index in [9.17, 15) is 4.79 Å². The molecule has 1 aromatic heterocycles. The molecule has 0 unspecified atom stereocenters. The topological polar surface area (TPSA) is 74.6 Å². The third kappa shape index (κ3) is 7.60. The summed E-state index contributed by atoms with van der Waals surface area (Å²) >= 11 is 0. The van der Waals surface area contributed by atoms with Crippen LogP contribution in [0.25, 0.3) is 0 Å². The van der Waals surface area contributed by atoms with E-state index < -0.39 is 0 Å². The largest absolute Gasteiger partial charge is 0.357 e. The van der Waals surface area contributed by atoms with Crippen LogP contribution in [0.15, 0.2) is 17.4 Å². The first-order valence-corrected chi connectivity index (χ1v) is 10.2. The molecule has 1 aromatic rings. The molecule has 0 atom stereocenters. The van der Waals surface area contributed by atoms with Gasteiger partial charge in [0.1, 0.15) is 12.4 Å². The van der Waals surface area contributed by atoms with Crippen LogP contribution in [0.1, 0.15) is 53.3 Å². The Labute approximate surface area is 186 Å². The highest BCUT2D eigenvalue weighted by Crippen LogP contribution is 2.13. The van der Waals surface area contributed by atoms with Crippen molar-refractivity contribution in [2.75, 3.05) is 19.6 Å². The minimum atomic E-state index is 0. The number of aliphatic imine (C=N–C) groups is 1. The Kier molecular flexibility index (Phi) is 10.8. The first kappa shape index (κ1) is 24.7. The van der Waals surface area contributed by atoms with Gasteiger partial charge in [-0.15, -0.1) is 24.0 Å². The van der Waals surface area contributed by atoms with Crippen molar-refractivity contribution < 1.29 is 4.79 Å². The van der Waals surface area contributed by atoms with E-state index in [2.05, 4.69) is 41.0 Å². The molecule has 0 saturated carbocycles. The van der Waals surface area contributed by atoms with Crippen LogP contribution in [0.5, 0.6) is 0 Å². The molecule has 1 saturated heterocycles. The summed E-state index contributed by atoms with van der Waals surface area (Å²) in [6.45, 7) is 14.4. The molecule has 0 radical (unpaired) electrons. The summed E-state index contributed by atoms with van der Waals surface area (Å²) in [7, 11) is 0. The summed E-state index contributed by atoms with van der Waals surface area (Å²) in [4.78, 5) is 23.3. The van der Waals surface area contributed by atoms with Crippen LogP contribution in [0, 0.1) is 11.8 Å². The van der Waals surface area contributed by atoms with E-state index in [0.29, 0.717) is 18.5 Å². The van der Waals surface area contributed by atoms with E-state index in [1.165, 1.54) is 0 Å². The van der Waals surface area contributed by atoms with Crippen molar-refractivity contribution in [2.45, 2.75) is 66.6 Å². The summed E-state index contributed by atoms with van der Waals surface area (Å²) in [5, 5.41) is 6.86. The van der Waals surface area contributed by atoms with Crippen molar-refractivity contribution in [2.24, 2.45) is 16.8 Å². The lowest BCUT2D eigenvalue weighted by molar-refractivity contribution is -0.135. The summed E-state index contributed by atoms with van der Waals surface area (Å²) in [5.74, 6) is 2.71. The van der Waals surface area contributed by atoms with E-state index in [-0.39, 0.29) is 35.8 Å². The highest BCUT2D eigenvalue weighted by Gasteiger charge is 2.24. The van der Waals surface area contributed by atoms with Crippen LogP contribution >= 0.6 is 24.0 Å². The van der Waals surface area contributed by atoms with Crippen molar-refractivity contribution in [1.82, 2.24) is 25.1 Å². The van der Waals surface area contributed by atoms with Gasteiger partial charge in [0.2, 0.25) is 5.91 Å². The number of piperidine rings is 1. The normalized spacial score (nSPS) is 15.7. The Morgan fingerprint density at radius 2 is 1.96 bits per heavy atom. The number of amides is 1. The number of carbonyl (C=O) groups excluding carboxylic acids is 1. The fourth-order valence-corrected chi connectivity index (χ4v) is 3.32. The monoisotopic (exact) mass is 504 g/mol. The Morgan fingerprint density at radius 1 is 1.29 bits per heavy atom. The zero-order chi connectivity index (χ0) is 19.8. The number of likely N-dealkylation sites (tertiary alicyclic amines) is 1. The number of nitrogens with zero attached hydrogens (tertiary/aromatic N) is 4. The number of halogens is 1. The highest BCUT2D eigenvalue weighted by molar-refractivity contribution is 14.0. The molecule has 0 aliphatic carbocycles. The van der Waals surface area contributed by atoms with Gasteiger partial charge in [0.15, 0.2) is 5.96 Å². The minimum absolute atomic E-state index is 0. The fraction of sp³-hybridized carbons (Fsp3) is 0.750. The highest BCUT2D eigenvalue weighted by atomic mass is 127. The summed E-state index contributed by atoms with van der Waals surface area (Å²) < 4.78 is 2.17. The summed E-state index contributed by atoms with van der Waals surface area (Å²) in [5.41, 5.74) is 0. The molecule has 1 amide bonds. The number of imidazole rings is 1. The van der Waals surface area contributed by atoms with Gasteiger partial charge >= 0.3 is 0 Å². The molecule has 8 heteroatoms. The van der Waals surface area contributed by atoms with Gasteiger partial charge < -0.3 is 20.1 Å². The minimum Gasteiger partial charge on any atom is -0.357 e. The van der Waals surface area contributed by atoms with Gasteiger partial charge in [-0.3, -0.25) is 4.79 Å². The van der Waals surface area contributed by atoms with Crippen LogP contribution in [0.2, 0.25) is 0 Å². The van der Waals surface area contributed by atoms with E-state index in [0.717, 1.165) is 50.8 Å². The quantitative estimate of drug-likeness (QED) is 0.340. The number of rotatable bonds is 7. The first-order valence-electron chi connectivity index (χ1n) is 10.2. The zero-order valence-electron chi connectivity index (χ0n) is 17.9. The van der Waals surface area contributed by atoms with Crippen molar-refractivity contribution in [3.8, 4) is 0 Å². The molecule has 0 spiro atoms. The number of hydrogen-bond donors (Lipinski definition) is 2. The second-order valence-electron chi connectivity index (χ2n) is 7.98. The predicted molar refractivity (Wildman–Crippen MR) is 125 cm³/mol. The van der Waals surface area contributed by atoms with E-state index in [4.69, 9.17) is 4.99 Å². The molecule has 0 aromatic carbocycles. The Morgan fingerprint density at radius 3 is 2.54 bits per heavy atom. The number of guanidine groups is 1. The standard InChI is InChI=1S/C20H36N6O.HI/c1-6-21-20(23-13-18-22-9-12-26(18)14-15(2)3)24-17-7-10-25(11-8-17)19(27)16(4)5;/h9,12,15-17H,6-8,10-11,13-14H2,1-5H3,(H2,21,23,24);1H. The fourth-order valence-electron chi connectivity index (χ4n) is 3.32. The Hall–Kier alpha value is -1.32. The molecule has 2 heterocycles. The molecular weight excluding hydrogens is 467 g/mol. The smallest absolute Gasteiger partial charge is 0.225 e. The molecule has 1 fully saturated rings. The molecule has 0 bridgehead atoms. The van der Waals surface area contributed by atoms with Crippen molar-refractivity contribution in [3.63, 3.8) is 0 Å². The second-order valence-corrected chi connectivity index (χ2v) is 7.98. The maximum Gasteiger partial charge on any atom is 0.225 e. The van der Waals surface area contributed by atoms with Crippen molar-refractivity contribution in [3.05, 3.63) is 18.2 Å². The molecule has 1 aliphatic rings. The third-order valence-corrected chi connectivity index (χ3v) is 4.73. The third-order valence-electron chi connectivity index (χ3n) is 4.73. The summed E-state index contributed by atoms with van der Waals surface area (Å²) in [6, 6.07) is 0.342. The lowest BCUT2D eigenvalue weighted by atomic mass is 10.0. The molecule has 2 rings (SSSR count). The average molecular weight is 504 g/mol. The maximum atomic E-state index is 12.1. The number of hydrogen-bond acceptors (Lipinski definition) is 3. The maximum absolute atomic E-state index is 12.1. The SMILES string of the molecule is CCNC(=NCc1nccn1CC(C)C)NC1CCN(C(=O)C(C)C)CC1.I. The number of aromatic nitrogens is 2. The van der Waals surface area contributed by atoms with E-state index in [1.807, 2.05) is 31.1 Å².